The first-order chi connectivity index (χ1) is 12.1. The van der Waals surface area contributed by atoms with Crippen LogP contribution in [0.5, 0.6) is 0 Å². The molecule has 2 aromatic heterocycles. The number of H-pyrrole nitrogens is 1. The Morgan fingerprint density at radius 1 is 1.20 bits per heavy atom. The van der Waals surface area contributed by atoms with Gasteiger partial charge in [0.05, 0.1) is 11.0 Å². The van der Waals surface area contributed by atoms with Gasteiger partial charge in [-0.2, -0.15) is 0 Å². The van der Waals surface area contributed by atoms with Crippen molar-refractivity contribution in [2.45, 2.75) is 6.54 Å². The maximum absolute atomic E-state index is 13.2. The Hall–Kier alpha value is -3.55. The van der Waals surface area contributed by atoms with E-state index in [-0.39, 0.29) is 23.6 Å². The number of rotatable bonds is 3. The number of hydrogen-bond acceptors (Lipinski definition) is 4. The van der Waals surface area contributed by atoms with Crippen LogP contribution in [0.3, 0.4) is 0 Å². The molecule has 7 nitrogen and oxygen atoms in total. The molecule has 0 aliphatic heterocycles. The fourth-order valence-electron chi connectivity index (χ4n) is 2.67. The maximum Gasteiger partial charge on any atom is 0.277 e. The van der Waals surface area contributed by atoms with Crippen LogP contribution < -0.4 is 10.9 Å². The van der Waals surface area contributed by atoms with E-state index >= 15 is 0 Å². The van der Waals surface area contributed by atoms with Crippen LogP contribution in [0.1, 0.15) is 16.1 Å². The van der Waals surface area contributed by atoms with Crippen LogP contribution >= 0.6 is 0 Å². The van der Waals surface area contributed by atoms with Gasteiger partial charge >= 0.3 is 0 Å². The lowest BCUT2D eigenvalue weighted by Gasteiger charge is -2.04. The predicted molar refractivity (Wildman–Crippen MR) is 88.7 cm³/mol. The molecule has 0 radical (unpaired) electrons. The Morgan fingerprint density at radius 3 is 2.88 bits per heavy atom. The molecule has 0 saturated heterocycles. The Morgan fingerprint density at radius 2 is 2.04 bits per heavy atom. The van der Waals surface area contributed by atoms with Crippen LogP contribution in [0.4, 0.5) is 4.39 Å². The average molecular weight is 337 g/mol. The fraction of sp³-hybridized carbons (Fsp3) is 0.0588. The van der Waals surface area contributed by atoms with Crippen LogP contribution in [0.25, 0.3) is 16.6 Å². The second kappa shape index (κ2) is 5.82. The Kier molecular flexibility index (Phi) is 3.50. The lowest BCUT2D eigenvalue weighted by Crippen LogP contribution is -2.25. The fourth-order valence-corrected chi connectivity index (χ4v) is 2.67. The van der Waals surface area contributed by atoms with Crippen molar-refractivity contribution in [3.05, 3.63) is 76.0 Å². The number of nitrogens with one attached hydrogen (secondary N) is 2. The van der Waals surface area contributed by atoms with E-state index in [0.717, 1.165) is 0 Å². The van der Waals surface area contributed by atoms with Crippen molar-refractivity contribution in [3.8, 4) is 0 Å². The van der Waals surface area contributed by atoms with Crippen LogP contribution in [-0.4, -0.2) is 25.7 Å². The van der Waals surface area contributed by atoms with Crippen LogP contribution in [0.2, 0.25) is 0 Å². The highest BCUT2D eigenvalue weighted by atomic mass is 19.1. The summed E-state index contributed by atoms with van der Waals surface area (Å²) >= 11 is 0. The molecule has 0 atom stereocenters. The summed E-state index contributed by atoms with van der Waals surface area (Å²) in [5.74, 6) is -0.941. The summed E-state index contributed by atoms with van der Waals surface area (Å²) in [5.41, 5.74) is 1.35. The molecule has 4 rings (SSSR count). The van der Waals surface area contributed by atoms with Crippen molar-refractivity contribution in [1.82, 2.24) is 25.1 Å². The molecule has 124 valence electrons. The molecule has 1 amide bonds. The van der Waals surface area contributed by atoms with Gasteiger partial charge in [0, 0.05) is 6.54 Å². The number of hydrogen-bond donors (Lipinski definition) is 2. The summed E-state index contributed by atoms with van der Waals surface area (Å²) < 4.78 is 14.5. The second-order valence-electron chi connectivity index (χ2n) is 5.48. The van der Waals surface area contributed by atoms with Gasteiger partial charge in [0.15, 0.2) is 11.2 Å². The first-order valence-corrected chi connectivity index (χ1v) is 7.52. The van der Waals surface area contributed by atoms with Crippen LogP contribution in [0.15, 0.2) is 53.3 Å². The predicted octanol–water partition coefficient (Wildman–Crippen LogP) is 1.64. The molecule has 2 N–H and O–H groups in total. The lowest BCUT2D eigenvalue weighted by molar-refractivity contribution is 0.0947. The molecule has 4 aromatic rings. The van der Waals surface area contributed by atoms with Crippen molar-refractivity contribution in [2.75, 3.05) is 0 Å². The summed E-state index contributed by atoms with van der Waals surface area (Å²) in [6.07, 6.45) is 0. The zero-order valence-corrected chi connectivity index (χ0v) is 12.9. The van der Waals surface area contributed by atoms with Gasteiger partial charge in [0.2, 0.25) is 0 Å². The molecule has 0 aliphatic carbocycles. The van der Waals surface area contributed by atoms with Gasteiger partial charge in [-0.1, -0.05) is 29.5 Å². The molecular weight excluding hydrogens is 325 g/mol. The smallest absolute Gasteiger partial charge is 0.277 e. The van der Waals surface area contributed by atoms with Gasteiger partial charge in [-0.25, -0.2) is 8.91 Å². The van der Waals surface area contributed by atoms with E-state index in [2.05, 4.69) is 20.6 Å². The molecule has 2 heterocycles. The highest BCUT2D eigenvalue weighted by Crippen LogP contribution is 2.12. The van der Waals surface area contributed by atoms with Gasteiger partial charge in [-0.15, -0.1) is 5.10 Å². The Balaban J connectivity index is 1.70. The van der Waals surface area contributed by atoms with E-state index in [9.17, 15) is 14.0 Å². The third-order valence-corrected chi connectivity index (χ3v) is 3.82. The summed E-state index contributed by atoms with van der Waals surface area (Å²) in [6.45, 7) is 0.112. The first kappa shape index (κ1) is 15.0. The van der Waals surface area contributed by atoms with Crippen molar-refractivity contribution in [3.63, 3.8) is 0 Å². The van der Waals surface area contributed by atoms with Gasteiger partial charge < -0.3 is 10.3 Å². The number of nitrogens with zero attached hydrogens (tertiary/aromatic N) is 3. The van der Waals surface area contributed by atoms with Crippen molar-refractivity contribution in [2.24, 2.45) is 0 Å². The second-order valence-corrected chi connectivity index (χ2v) is 5.48. The highest BCUT2D eigenvalue weighted by Gasteiger charge is 2.19. The number of aromatic amines is 1. The molecule has 0 bridgehead atoms. The zero-order chi connectivity index (χ0) is 17.4. The summed E-state index contributed by atoms with van der Waals surface area (Å²) in [6, 6.07) is 13.0. The number of para-hydroxylation sites is 2. The van der Waals surface area contributed by atoms with E-state index in [1.807, 2.05) is 0 Å². The van der Waals surface area contributed by atoms with Crippen LogP contribution in [0, 0.1) is 5.82 Å². The number of amides is 1. The van der Waals surface area contributed by atoms with E-state index in [1.165, 1.54) is 16.6 Å². The lowest BCUT2D eigenvalue weighted by atomic mass is 10.2. The molecule has 0 aliphatic rings. The quantitative estimate of drug-likeness (QED) is 0.594. The number of carbonyl (C=O) groups is 1. The third-order valence-electron chi connectivity index (χ3n) is 3.82. The van der Waals surface area contributed by atoms with Crippen molar-refractivity contribution < 1.29 is 9.18 Å². The molecule has 0 unspecified atom stereocenters. The SMILES string of the molecule is O=C(NCc1cccc(F)c1)c1nnn2c1c(=O)[nH]c1ccccc12. The Bertz CT molecular complexity index is 1160. The third kappa shape index (κ3) is 2.63. The molecule has 8 heteroatoms. The molecular formula is C17H12FN5O2. The summed E-state index contributed by atoms with van der Waals surface area (Å²) in [7, 11) is 0. The maximum atomic E-state index is 13.2. The zero-order valence-electron chi connectivity index (χ0n) is 12.9. The van der Waals surface area contributed by atoms with Gasteiger partial charge in [0.1, 0.15) is 5.82 Å². The summed E-state index contributed by atoms with van der Waals surface area (Å²) in [4.78, 5) is 27.4. The number of fused-ring (bicyclic) bond motifs is 3. The number of halogens is 1. The van der Waals surface area contributed by atoms with E-state index in [1.54, 1.807) is 36.4 Å². The van der Waals surface area contributed by atoms with Crippen molar-refractivity contribution in [1.29, 1.82) is 0 Å². The van der Waals surface area contributed by atoms with Crippen LogP contribution in [-0.2, 0) is 6.54 Å². The number of aromatic nitrogens is 4. The summed E-state index contributed by atoms with van der Waals surface area (Å²) in [5, 5.41) is 10.4. The topological polar surface area (TPSA) is 92.2 Å². The van der Waals surface area contributed by atoms with E-state index < -0.39 is 11.5 Å². The number of benzene rings is 2. The minimum absolute atomic E-state index is 0.0652. The largest absolute Gasteiger partial charge is 0.346 e. The number of carbonyl (C=O) groups excluding carboxylic acids is 1. The molecule has 25 heavy (non-hydrogen) atoms. The monoisotopic (exact) mass is 337 g/mol. The first-order valence-electron chi connectivity index (χ1n) is 7.52. The highest BCUT2D eigenvalue weighted by molar-refractivity contribution is 5.99. The molecule has 0 saturated carbocycles. The van der Waals surface area contributed by atoms with Gasteiger partial charge in [-0.3, -0.25) is 9.59 Å². The standard InChI is InChI=1S/C17H12FN5O2/c18-11-5-3-4-10(8-11)9-19-16(24)14-15-17(25)20-12-6-1-2-7-13(12)23(15)22-21-14/h1-8H,9H2,(H,19,24)(H,20,25). The normalized spacial score (nSPS) is 11.1. The van der Waals surface area contributed by atoms with Gasteiger partial charge in [0.25, 0.3) is 11.5 Å². The van der Waals surface area contributed by atoms with E-state index in [4.69, 9.17) is 0 Å². The minimum Gasteiger partial charge on any atom is -0.346 e. The molecule has 2 aromatic carbocycles. The Labute approximate surface area is 140 Å². The molecule has 0 spiro atoms. The van der Waals surface area contributed by atoms with Crippen molar-refractivity contribution >= 4 is 22.5 Å². The van der Waals surface area contributed by atoms with Gasteiger partial charge in [-0.05, 0) is 29.8 Å². The molecule has 0 fully saturated rings. The minimum atomic E-state index is -0.556. The van der Waals surface area contributed by atoms with E-state index in [0.29, 0.717) is 16.6 Å². The average Bonchev–Trinajstić information content (AvgIpc) is 3.06.